The minimum Gasteiger partial charge on any atom is -0.473 e. The number of nitrogens with zero attached hydrogens (tertiary/aromatic N) is 3. The van der Waals surface area contributed by atoms with Gasteiger partial charge in [0.1, 0.15) is 23.6 Å². The molecule has 2 heterocycles. The van der Waals surface area contributed by atoms with E-state index in [0.717, 1.165) is 18.2 Å². The van der Waals surface area contributed by atoms with Crippen molar-refractivity contribution in [3.63, 3.8) is 0 Å². The summed E-state index contributed by atoms with van der Waals surface area (Å²) >= 11 is 0. The van der Waals surface area contributed by atoms with Crippen LogP contribution in [0.15, 0.2) is 30.5 Å². The molecule has 0 bridgehead atoms. The van der Waals surface area contributed by atoms with E-state index in [1.807, 2.05) is 0 Å². The Bertz CT molecular complexity index is 893. The van der Waals surface area contributed by atoms with Crippen LogP contribution in [0.2, 0.25) is 0 Å². The number of rotatable bonds is 5. The van der Waals surface area contributed by atoms with Crippen LogP contribution in [0.1, 0.15) is 24.2 Å². The maximum absolute atomic E-state index is 13.8. The number of aromatic nitrogens is 2. The lowest BCUT2D eigenvalue weighted by molar-refractivity contribution is 0.124. The van der Waals surface area contributed by atoms with Crippen molar-refractivity contribution >= 4 is 10.0 Å². The van der Waals surface area contributed by atoms with E-state index in [0.29, 0.717) is 31.1 Å². The van der Waals surface area contributed by atoms with Gasteiger partial charge in [-0.2, -0.15) is 9.29 Å². The number of piperidine rings is 1. The predicted molar refractivity (Wildman–Crippen MR) is 91.0 cm³/mol. The Morgan fingerprint density at radius 1 is 1.31 bits per heavy atom. The number of sulfonamides is 1. The third-order valence-corrected chi connectivity index (χ3v) is 5.91. The molecule has 1 saturated heterocycles. The number of halogens is 2. The number of ether oxygens (including phenoxy) is 1. The first-order valence-corrected chi connectivity index (χ1v) is 9.82. The molecule has 0 saturated carbocycles. The zero-order chi connectivity index (χ0) is 18.7. The zero-order valence-electron chi connectivity index (χ0n) is 14.2. The lowest BCUT2D eigenvalue weighted by Crippen LogP contribution is -2.44. The third-order valence-electron chi connectivity index (χ3n) is 4.12. The monoisotopic (exact) mass is 383 g/mol. The van der Waals surface area contributed by atoms with Crippen molar-refractivity contribution in [2.24, 2.45) is 0 Å². The molecule has 1 aliphatic rings. The topological polar surface area (TPSA) is 72.4 Å². The maximum Gasteiger partial charge on any atom is 0.218 e. The first-order valence-electron chi connectivity index (χ1n) is 8.21. The van der Waals surface area contributed by atoms with Crippen molar-refractivity contribution in [2.75, 3.05) is 13.1 Å². The van der Waals surface area contributed by atoms with Gasteiger partial charge < -0.3 is 4.74 Å². The second-order valence-corrected chi connectivity index (χ2v) is 8.14. The molecule has 9 heteroatoms. The molecule has 1 aromatic heterocycles. The van der Waals surface area contributed by atoms with Crippen LogP contribution in [-0.2, 0) is 15.8 Å². The van der Waals surface area contributed by atoms with Crippen LogP contribution >= 0.6 is 0 Å². The number of hydrogen-bond acceptors (Lipinski definition) is 5. The van der Waals surface area contributed by atoms with Crippen LogP contribution in [0.25, 0.3) is 0 Å². The highest BCUT2D eigenvalue weighted by molar-refractivity contribution is 7.88. The average Bonchev–Trinajstić information content (AvgIpc) is 2.58. The molecule has 0 aliphatic carbocycles. The highest BCUT2D eigenvalue weighted by atomic mass is 32.2. The summed E-state index contributed by atoms with van der Waals surface area (Å²) in [6.07, 6.45) is 2.51. The molecule has 0 N–H and O–H groups in total. The molecule has 1 fully saturated rings. The van der Waals surface area contributed by atoms with E-state index in [2.05, 4.69) is 9.97 Å². The van der Waals surface area contributed by atoms with E-state index < -0.39 is 27.4 Å². The van der Waals surface area contributed by atoms with Gasteiger partial charge >= 0.3 is 0 Å². The fraction of sp³-hybridized carbons (Fsp3) is 0.412. The Kier molecular flexibility index (Phi) is 5.47. The molecule has 0 radical (unpaired) electrons. The van der Waals surface area contributed by atoms with Crippen molar-refractivity contribution < 1.29 is 21.9 Å². The number of hydrogen-bond donors (Lipinski definition) is 0. The summed E-state index contributed by atoms with van der Waals surface area (Å²) in [5.74, 6) is -1.05. The molecular formula is C17H19F2N3O3S. The Balaban J connectivity index is 1.70. The molecule has 3 rings (SSSR count). The molecule has 1 aromatic carbocycles. The highest BCUT2D eigenvalue weighted by Gasteiger charge is 2.31. The fourth-order valence-electron chi connectivity index (χ4n) is 2.87. The Hall–Kier alpha value is -2.13. The van der Waals surface area contributed by atoms with Gasteiger partial charge in [-0.3, -0.25) is 0 Å². The van der Waals surface area contributed by atoms with Crippen LogP contribution in [0.5, 0.6) is 5.88 Å². The standard InChI is InChI=1S/C17H19F2N3O3S/c1-12-20-7-6-17(21-12)25-15-3-2-8-22(10-15)26(23,24)11-13-9-14(18)4-5-16(13)19/h4-7,9,15H,2-3,8,10-11H2,1H3. The van der Waals surface area contributed by atoms with Gasteiger partial charge in [-0.05, 0) is 38.0 Å². The molecule has 2 aromatic rings. The van der Waals surface area contributed by atoms with E-state index in [1.54, 1.807) is 19.2 Å². The highest BCUT2D eigenvalue weighted by Crippen LogP contribution is 2.22. The van der Waals surface area contributed by atoms with Crippen LogP contribution in [0, 0.1) is 18.6 Å². The Morgan fingerprint density at radius 2 is 2.12 bits per heavy atom. The lowest BCUT2D eigenvalue weighted by Gasteiger charge is -2.31. The maximum atomic E-state index is 13.8. The molecule has 0 amide bonds. The Labute approximate surface area is 150 Å². The van der Waals surface area contributed by atoms with Crippen LogP contribution in [-0.4, -0.2) is 41.9 Å². The van der Waals surface area contributed by atoms with E-state index in [9.17, 15) is 17.2 Å². The van der Waals surface area contributed by atoms with Gasteiger partial charge in [-0.1, -0.05) is 0 Å². The van der Waals surface area contributed by atoms with Crippen LogP contribution in [0.4, 0.5) is 8.78 Å². The second kappa shape index (κ2) is 7.63. The molecule has 0 spiro atoms. The third kappa shape index (κ3) is 4.53. The summed E-state index contributed by atoms with van der Waals surface area (Å²) in [5.41, 5.74) is -0.181. The molecule has 1 unspecified atom stereocenters. The van der Waals surface area contributed by atoms with E-state index in [1.165, 1.54) is 4.31 Å². The smallest absolute Gasteiger partial charge is 0.218 e. The normalized spacial score (nSPS) is 18.7. The van der Waals surface area contributed by atoms with Gasteiger partial charge in [0.2, 0.25) is 15.9 Å². The van der Waals surface area contributed by atoms with Crippen molar-refractivity contribution in [1.82, 2.24) is 14.3 Å². The lowest BCUT2D eigenvalue weighted by atomic mass is 10.1. The minimum atomic E-state index is -3.80. The fourth-order valence-corrected chi connectivity index (χ4v) is 4.46. The second-order valence-electron chi connectivity index (χ2n) is 6.17. The summed E-state index contributed by atoms with van der Waals surface area (Å²) in [6.45, 7) is 2.20. The number of benzene rings is 1. The van der Waals surface area contributed by atoms with Gasteiger partial charge in [0.05, 0.1) is 12.3 Å². The quantitative estimate of drug-likeness (QED) is 0.793. The predicted octanol–water partition coefficient (Wildman–Crippen LogP) is 2.44. The Morgan fingerprint density at radius 3 is 2.88 bits per heavy atom. The van der Waals surface area contributed by atoms with Crippen LogP contribution in [0.3, 0.4) is 0 Å². The summed E-state index contributed by atoms with van der Waals surface area (Å²) in [7, 11) is -3.80. The first kappa shape index (κ1) is 18.7. The van der Waals surface area contributed by atoms with Gasteiger partial charge in [0, 0.05) is 24.4 Å². The largest absolute Gasteiger partial charge is 0.473 e. The van der Waals surface area contributed by atoms with Crippen molar-refractivity contribution in [3.05, 3.63) is 53.5 Å². The molecule has 6 nitrogen and oxygen atoms in total. The first-order chi connectivity index (χ1) is 12.3. The number of aryl methyl sites for hydroxylation is 1. The molecule has 140 valence electrons. The van der Waals surface area contributed by atoms with Crippen molar-refractivity contribution in [1.29, 1.82) is 0 Å². The minimum absolute atomic E-state index is 0.141. The van der Waals surface area contributed by atoms with Gasteiger partial charge in [-0.25, -0.2) is 22.2 Å². The van der Waals surface area contributed by atoms with E-state index in [4.69, 9.17) is 4.74 Å². The van der Waals surface area contributed by atoms with Crippen molar-refractivity contribution in [2.45, 2.75) is 31.6 Å². The SMILES string of the molecule is Cc1nccc(OC2CCCN(S(=O)(=O)Cc3cc(F)ccc3F)C2)n1. The van der Waals surface area contributed by atoms with Crippen molar-refractivity contribution in [3.8, 4) is 5.88 Å². The molecule has 1 atom stereocenters. The summed E-state index contributed by atoms with van der Waals surface area (Å²) in [5, 5.41) is 0. The zero-order valence-corrected chi connectivity index (χ0v) is 15.0. The van der Waals surface area contributed by atoms with Crippen LogP contribution < -0.4 is 4.74 Å². The summed E-state index contributed by atoms with van der Waals surface area (Å²) < 4.78 is 59.4. The molecule has 1 aliphatic heterocycles. The average molecular weight is 383 g/mol. The summed E-state index contributed by atoms with van der Waals surface area (Å²) in [4.78, 5) is 8.14. The molecule has 26 heavy (non-hydrogen) atoms. The molecular weight excluding hydrogens is 364 g/mol. The van der Waals surface area contributed by atoms with Gasteiger partial charge in [0.25, 0.3) is 0 Å². The summed E-state index contributed by atoms with van der Waals surface area (Å²) in [6, 6.07) is 4.41. The van der Waals surface area contributed by atoms with E-state index in [-0.39, 0.29) is 18.2 Å². The van der Waals surface area contributed by atoms with Gasteiger partial charge in [-0.15, -0.1) is 0 Å². The van der Waals surface area contributed by atoms with E-state index >= 15 is 0 Å². The van der Waals surface area contributed by atoms with Gasteiger partial charge in [0.15, 0.2) is 0 Å².